The van der Waals surface area contributed by atoms with Gasteiger partial charge in [-0.3, -0.25) is 10.1 Å². The third-order valence-electron chi connectivity index (χ3n) is 3.77. The van der Waals surface area contributed by atoms with Gasteiger partial charge in [0, 0.05) is 16.3 Å². The Bertz CT molecular complexity index is 916. The quantitative estimate of drug-likeness (QED) is 0.258. The van der Waals surface area contributed by atoms with Crippen LogP contribution in [0.25, 0.3) is 0 Å². The van der Waals surface area contributed by atoms with E-state index in [1.54, 1.807) is 23.9 Å². The van der Waals surface area contributed by atoms with Crippen LogP contribution in [0.4, 0.5) is 5.13 Å². The fourth-order valence-corrected chi connectivity index (χ4v) is 4.10. The zero-order valence-electron chi connectivity index (χ0n) is 15.4. The maximum Gasteiger partial charge on any atom is 0.257 e. The summed E-state index contributed by atoms with van der Waals surface area (Å²) in [7, 11) is 0. The lowest BCUT2D eigenvalue weighted by atomic mass is 10.2. The summed E-state index contributed by atoms with van der Waals surface area (Å²) in [4.78, 5) is 12.5. The number of unbranched alkanes of at least 4 members (excludes halogenated alkanes) is 1. The number of thioether (sulfide) groups is 1. The Kier molecular flexibility index (Phi) is 7.71. The number of hydrogen-bond donors (Lipinski definition) is 1. The van der Waals surface area contributed by atoms with Gasteiger partial charge in [-0.25, -0.2) is 0 Å². The number of carbonyl (C=O) groups excluding carboxylic acids is 1. The lowest BCUT2D eigenvalue weighted by Crippen LogP contribution is -2.11. The number of nitrogens with zero attached hydrogens (tertiary/aromatic N) is 2. The number of amides is 1. The monoisotopic (exact) mass is 433 g/mol. The van der Waals surface area contributed by atoms with Crippen LogP contribution in [-0.4, -0.2) is 22.7 Å². The minimum atomic E-state index is -0.230. The predicted octanol–water partition coefficient (Wildman–Crippen LogP) is 5.92. The van der Waals surface area contributed by atoms with Crippen molar-refractivity contribution in [3.8, 4) is 5.75 Å². The number of ether oxygens (including phenoxy) is 1. The number of carbonyl (C=O) groups is 1. The normalized spacial score (nSPS) is 10.6. The molecule has 0 radical (unpaired) electrons. The lowest BCUT2D eigenvalue weighted by Gasteiger charge is -2.07. The van der Waals surface area contributed by atoms with Gasteiger partial charge in [0.2, 0.25) is 5.13 Å². The van der Waals surface area contributed by atoms with Crippen molar-refractivity contribution in [2.75, 3.05) is 11.9 Å². The Hall–Kier alpha value is -2.09. The Labute approximate surface area is 177 Å². The van der Waals surface area contributed by atoms with Gasteiger partial charge in [0.1, 0.15) is 5.75 Å². The van der Waals surface area contributed by atoms with Crippen LogP contribution >= 0.6 is 34.7 Å². The molecular formula is C20H20ClN3O2S2. The second-order valence-electron chi connectivity index (χ2n) is 5.97. The standard InChI is InChI=1S/C20H20ClN3O2S2/c1-2-3-11-26-17-6-4-5-15(12-17)18(25)22-19-23-24-20(28-19)27-13-14-7-9-16(21)10-8-14/h4-10,12H,2-3,11,13H2,1H3,(H,22,23,25). The van der Waals surface area contributed by atoms with Crippen LogP contribution < -0.4 is 10.1 Å². The van der Waals surface area contributed by atoms with Gasteiger partial charge in [0.05, 0.1) is 6.61 Å². The Balaban J connectivity index is 1.54. The number of anilines is 1. The number of rotatable bonds is 9. The highest BCUT2D eigenvalue weighted by molar-refractivity contribution is 8.00. The molecule has 1 aromatic heterocycles. The summed E-state index contributed by atoms with van der Waals surface area (Å²) in [6.45, 7) is 2.75. The summed E-state index contributed by atoms with van der Waals surface area (Å²) < 4.78 is 6.45. The number of hydrogen-bond acceptors (Lipinski definition) is 6. The summed E-state index contributed by atoms with van der Waals surface area (Å²) in [5, 5.41) is 12.2. The maximum absolute atomic E-state index is 12.5. The van der Waals surface area contributed by atoms with E-state index in [-0.39, 0.29) is 5.91 Å². The van der Waals surface area contributed by atoms with Crippen LogP contribution in [0, 0.1) is 0 Å². The molecule has 3 rings (SSSR count). The van der Waals surface area contributed by atoms with E-state index in [2.05, 4.69) is 22.4 Å². The molecule has 8 heteroatoms. The van der Waals surface area contributed by atoms with E-state index >= 15 is 0 Å². The molecule has 2 aromatic carbocycles. The number of halogens is 1. The van der Waals surface area contributed by atoms with Crippen molar-refractivity contribution in [2.45, 2.75) is 29.9 Å². The molecule has 1 N–H and O–H groups in total. The molecule has 0 aliphatic carbocycles. The molecule has 0 saturated heterocycles. The highest BCUT2D eigenvalue weighted by atomic mass is 35.5. The fraction of sp³-hybridized carbons (Fsp3) is 0.250. The van der Waals surface area contributed by atoms with Crippen LogP contribution in [0.15, 0.2) is 52.9 Å². The van der Waals surface area contributed by atoms with Crippen LogP contribution in [0.2, 0.25) is 5.02 Å². The highest BCUT2D eigenvalue weighted by Gasteiger charge is 2.11. The topological polar surface area (TPSA) is 64.1 Å². The van der Waals surface area contributed by atoms with Crippen molar-refractivity contribution in [3.05, 3.63) is 64.7 Å². The van der Waals surface area contributed by atoms with Gasteiger partial charge in [-0.1, -0.05) is 66.2 Å². The Morgan fingerprint density at radius 2 is 2.04 bits per heavy atom. The van der Waals surface area contributed by atoms with Gasteiger partial charge in [-0.15, -0.1) is 10.2 Å². The predicted molar refractivity (Wildman–Crippen MR) is 116 cm³/mol. The van der Waals surface area contributed by atoms with E-state index in [1.807, 2.05) is 36.4 Å². The molecule has 0 spiro atoms. The zero-order chi connectivity index (χ0) is 19.8. The van der Waals surface area contributed by atoms with E-state index in [4.69, 9.17) is 16.3 Å². The van der Waals surface area contributed by atoms with Gasteiger partial charge < -0.3 is 4.74 Å². The molecule has 0 aliphatic heterocycles. The molecule has 1 amide bonds. The van der Waals surface area contributed by atoms with Crippen molar-refractivity contribution in [1.82, 2.24) is 10.2 Å². The molecule has 0 unspecified atom stereocenters. The number of nitrogens with one attached hydrogen (secondary N) is 1. The van der Waals surface area contributed by atoms with Gasteiger partial charge >= 0.3 is 0 Å². The minimum Gasteiger partial charge on any atom is -0.494 e. The largest absolute Gasteiger partial charge is 0.494 e. The molecule has 3 aromatic rings. The lowest BCUT2D eigenvalue weighted by molar-refractivity contribution is 0.102. The van der Waals surface area contributed by atoms with Crippen LogP contribution in [0.5, 0.6) is 5.75 Å². The summed E-state index contributed by atoms with van der Waals surface area (Å²) in [5.74, 6) is 1.22. The summed E-state index contributed by atoms with van der Waals surface area (Å²) >= 11 is 8.82. The van der Waals surface area contributed by atoms with Crippen molar-refractivity contribution >= 4 is 45.7 Å². The van der Waals surface area contributed by atoms with Crippen LogP contribution in [-0.2, 0) is 5.75 Å². The molecule has 0 saturated carbocycles. The first-order chi connectivity index (χ1) is 13.6. The molecule has 1 heterocycles. The van der Waals surface area contributed by atoms with E-state index in [0.717, 1.165) is 33.5 Å². The number of aromatic nitrogens is 2. The van der Waals surface area contributed by atoms with Crippen LogP contribution in [0.3, 0.4) is 0 Å². The van der Waals surface area contributed by atoms with Crippen LogP contribution in [0.1, 0.15) is 35.7 Å². The van der Waals surface area contributed by atoms with E-state index < -0.39 is 0 Å². The van der Waals surface area contributed by atoms with Gasteiger partial charge in [0.15, 0.2) is 4.34 Å². The second kappa shape index (κ2) is 10.5. The smallest absolute Gasteiger partial charge is 0.257 e. The molecular weight excluding hydrogens is 414 g/mol. The summed E-state index contributed by atoms with van der Waals surface area (Å²) in [6, 6.07) is 14.8. The molecule has 0 fully saturated rings. The Morgan fingerprint density at radius 3 is 2.82 bits per heavy atom. The molecule has 146 valence electrons. The SMILES string of the molecule is CCCCOc1cccc(C(=O)Nc2nnc(SCc3ccc(Cl)cc3)s2)c1. The molecule has 5 nitrogen and oxygen atoms in total. The summed E-state index contributed by atoms with van der Waals surface area (Å²) in [6.07, 6.45) is 2.05. The molecule has 28 heavy (non-hydrogen) atoms. The fourth-order valence-electron chi connectivity index (χ4n) is 2.28. The average molecular weight is 434 g/mol. The van der Waals surface area contributed by atoms with Gasteiger partial charge in [0.25, 0.3) is 5.91 Å². The van der Waals surface area contributed by atoms with Gasteiger partial charge in [-0.05, 0) is 42.3 Å². The second-order valence-corrected chi connectivity index (χ2v) is 8.61. The molecule has 0 atom stereocenters. The first-order valence-electron chi connectivity index (χ1n) is 8.89. The first kappa shape index (κ1) is 20.6. The third-order valence-corrected chi connectivity index (χ3v) is 6.06. The number of benzene rings is 2. The van der Waals surface area contributed by atoms with Crippen molar-refractivity contribution in [2.24, 2.45) is 0 Å². The van der Waals surface area contributed by atoms with E-state index in [0.29, 0.717) is 23.1 Å². The molecule has 0 bridgehead atoms. The minimum absolute atomic E-state index is 0.230. The van der Waals surface area contributed by atoms with Gasteiger partial charge in [-0.2, -0.15) is 0 Å². The Morgan fingerprint density at radius 1 is 1.21 bits per heavy atom. The van der Waals surface area contributed by atoms with Crippen molar-refractivity contribution < 1.29 is 9.53 Å². The maximum atomic E-state index is 12.5. The highest BCUT2D eigenvalue weighted by Crippen LogP contribution is 2.29. The summed E-state index contributed by atoms with van der Waals surface area (Å²) in [5.41, 5.74) is 1.68. The van der Waals surface area contributed by atoms with Crippen molar-refractivity contribution in [1.29, 1.82) is 0 Å². The molecule has 0 aliphatic rings. The average Bonchev–Trinajstić information content (AvgIpc) is 3.15. The third kappa shape index (κ3) is 6.22. The zero-order valence-corrected chi connectivity index (χ0v) is 17.7. The van der Waals surface area contributed by atoms with E-state index in [9.17, 15) is 4.79 Å². The first-order valence-corrected chi connectivity index (χ1v) is 11.1. The van der Waals surface area contributed by atoms with Crippen molar-refractivity contribution in [3.63, 3.8) is 0 Å². The van der Waals surface area contributed by atoms with E-state index in [1.165, 1.54) is 11.3 Å².